The fraction of sp³-hybridized carbons (Fsp3) is 0.611. The molecule has 6 nitrogen and oxygen atoms in total. The number of benzene rings is 1. The first-order valence-corrected chi connectivity index (χ1v) is 9.04. The molecule has 2 unspecified atom stereocenters. The zero-order valence-electron chi connectivity index (χ0n) is 13.9. The van der Waals surface area contributed by atoms with Crippen molar-refractivity contribution in [3.05, 3.63) is 18.2 Å². The van der Waals surface area contributed by atoms with Crippen molar-refractivity contribution in [3.8, 4) is 5.75 Å². The van der Waals surface area contributed by atoms with E-state index in [1.165, 1.54) is 32.1 Å². The maximum absolute atomic E-state index is 12.8. The van der Waals surface area contributed by atoms with Gasteiger partial charge in [0, 0.05) is 25.1 Å². The third-order valence-electron chi connectivity index (χ3n) is 5.60. The number of amides is 1. The number of carbonyl (C=O) groups is 1. The van der Waals surface area contributed by atoms with Crippen LogP contribution in [0.1, 0.15) is 44.9 Å². The first-order valence-electron chi connectivity index (χ1n) is 9.04. The van der Waals surface area contributed by atoms with Crippen molar-refractivity contribution in [1.29, 1.82) is 0 Å². The Kier molecular flexibility index (Phi) is 4.12. The van der Waals surface area contributed by atoms with Crippen molar-refractivity contribution < 1.29 is 9.90 Å². The maximum Gasteiger partial charge on any atom is 0.224 e. The number of hydrogen-bond acceptors (Lipinski definition) is 4. The van der Waals surface area contributed by atoms with E-state index >= 15 is 0 Å². The topological polar surface area (TPSA) is 71.2 Å². The number of aromatic hydroxyl groups is 1. The Bertz CT molecular complexity index is 740. The van der Waals surface area contributed by atoms with Crippen molar-refractivity contribution in [1.82, 2.24) is 19.9 Å². The van der Waals surface area contributed by atoms with Crippen LogP contribution in [-0.2, 0) is 11.3 Å². The highest BCUT2D eigenvalue weighted by atomic mass is 16.3. The largest absolute Gasteiger partial charge is 0.508 e. The predicted octanol–water partition coefficient (Wildman–Crippen LogP) is 2.71. The highest BCUT2D eigenvalue weighted by Gasteiger charge is 2.35. The zero-order valence-corrected chi connectivity index (χ0v) is 13.9. The number of fused-ring (bicyclic) bond motifs is 2. The molecule has 1 aliphatic heterocycles. The van der Waals surface area contributed by atoms with Crippen molar-refractivity contribution in [2.24, 2.45) is 5.92 Å². The van der Waals surface area contributed by atoms with Gasteiger partial charge >= 0.3 is 0 Å². The minimum absolute atomic E-state index is 0.183. The molecule has 6 heteroatoms. The minimum atomic E-state index is 0.183. The van der Waals surface area contributed by atoms with Gasteiger partial charge in [-0.05, 0) is 43.7 Å². The van der Waals surface area contributed by atoms with Gasteiger partial charge < -0.3 is 10.0 Å². The summed E-state index contributed by atoms with van der Waals surface area (Å²) in [6.45, 7) is 1.44. The Balaban J connectivity index is 1.43. The third-order valence-corrected chi connectivity index (χ3v) is 5.60. The van der Waals surface area contributed by atoms with E-state index in [0.717, 1.165) is 18.5 Å². The molecule has 2 aliphatic rings. The van der Waals surface area contributed by atoms with Gasteiger partial charge in [-0.15, -0.1) is 5.10 Å². The molecule has 2 heterocycles. The second kappa shape index (κ2) is 6.42. The van der Waals surface area contributed by atoms with E-state index in [2.05, 4.69) is 15.2 Å². The number of phenols is 1. The van der Waals surface area contributed by atoms with E-state index in [1.54, 1.807) is 22.9 Å². The molecule has 2 aromatic rings. The summed E-state index contributed by atoms with van der Waals surface area (Å²) in [5.41, 5.74) is 1.52. The molecule has 1 saturated heterocycles. The van der Waals surface area contributed by atoms with Crippen LogP contribution in [0.25, 0.3) is 11.0 Å². The molecule has 1 amide bonds. The summed E-state index contributed by atoms with van der Waals surface area (Å²) in [5, 5.41) is 17.7. The number of carbonyl (C=O) groups excluding carboxylic acids is 1. The molecule has 4 rings (SSSR count). The van der Waals surface area contributed by atoms with Crippen molar-refractivity contribution in [2.75, 3.05) is 6.54 Å². The molecule has 1 N–H and O–H groups in total. The van der Waals surface area contributed by atoms with Gasteiger partial charge in [0.15, 0.2) is 0 Å². The monoisotopic (exact) mass is 328 g/mol. The number of aromatic nitrogens is 3. The molecule has 0 spiro atoms. The molecule has 2 fully saturated rings. The van der Waals surface area contributed by atoms with Crippen molar-refractivity contribution in [3.63, 3.8) is 0 Å². The van der Waals surface area contributed by atoms with Gasteiger partial charge in [-0.3, -0.25) is 4.79 Å². The minimum Gasteiger partial charge on any atom is -0.508 e. The average Bonchev–Trinajstić information content (AvgIpc) is 3.01. The van der Waals surface area contributed by atoms with Crippen LogP contribution in [0.5, 0.6) is 5.75 Å². The lowest BCUT2D eigenvalue weighted by molar-refractivity contribution is -0.137. The molecule has 1 aromatic carbocycles. The number of likely N-dealkylation sites (tertiary alicyclic amines) is 1. The van der Waals surface area contributed by atoms with E-state index in [9.17, 15) is 9.90 Å². The van der Waals surface area contributed by atoms with E-state index in [0.29, 0.717) is 30.4 Å². The lowest BCUT2D eigenvalue weighted by Crippen LogP contribution is -2.49. The molecule has 2 atom stereocenters. The Labute approximate surface area is 141 Å². The summed E-state index contributed by atoms with van der Waals surface area (Å²) in [4.78, 5) is 14.9. The van der Waals surface area contributed by atoms with Gasteiger partial charge in [-0.25, -0.2) is 4.68 Å². The smallest absolute Gasteiger partial charge is 0.224 e. The first kappa shape index (κ1) is 15.4. The van der Waals surface area contributed by atoms with Crippen LogP contribution in [0.4, 0.5) is 0 Å². The summed E-state index contributed by atoms with van der Waals surface area (Å²) >= 11 is 0. The van der Waals surface area contributed by atoms with Crippen molar-refractivity contribution in [2.45, 2.75) is 57.5 Å². The van der Waals surface area contributed by atoms with E-state index < -0.39 is 0 Å². The quantitative estimate of drug-likeness (QED) is 0.940. The number of phenolic OH excluding ortho intramolecular Hbond substituents is 1. The molecular formula is C18H24N4O2. The average molecular weight is 328 g/mol. The Hall–Kier alpha value is -2.11. The molecule has 1 saturated carbocycles. The lowest BCUT2D eigenvalue weighted by Gasteiger charge is -2.44. The number of nitrogens with zero attached hydrogens (tertiary/aromatic N) is 4. The first-order chi connectivity index (χ1) is 11.7. The fourth-order valence-corrected chi connectivity index (χ4v) is 4.41. The second-order valence-electron chi connectivity index (χ2n) is 7.08. The van der Waals surface area contributed by atoms with Crippen LogP contribution < -0.4 is 0 Å². The summed E-state index contributed by atoms with van der Waals surface area (Å²) in [5.74, 6) is 1.14. The molecule has 24 heavy (non-hydrogen) atoms. The van der Waals surface area contributed by atoms with Gasteiger partial charge in [0.1, 0.15) is 11.3 Å². The Morgan fingerprint density at radius 3 is 2.96 bits per heavy atom. The van der Waals surface area contributed by atoms with E-state index in [-0.39, 0.29) is 11.7 Å². The lowest BCUT2D eigenvalue weighted by atomic mass is 9.78. The Morgan fingerprint density at radius 2 is 2.04 bits per heavy atom. The van der Waals surface area contributed by atoms with Crippen LogP contribution in [0.2, 0.25) is 0 Å². The maximum atomic E-state index is 12.8. The number of rotatable bonds is 3. The molecule has 0 bridgehead atoms. The number of aryl methyl sites for hydroxylation is 1. The van der Waals surface area contributed by atoms with E-state index in [1.807, 2.05) is 0 Å². The van der Waals surface area contributed by atoms with Gasteiger partial charge in [0.05, 0.1) is 12.1 Å². The van der Waals surface area contributed by atoms with Gasteiger partial charge in [0.25, 0.3) is 0 Å². The predicted molar refractivity (Wildman–Crippen MR) is 90.5 cm³/mol. The normalized spacial score (nSPS) is 24.1. The van der Waals surface area contributed by atoms with Crippen LogP contribution in [0, 0.1) is 5.92 Å². The van der Waals surface area contributed by atoms with Crippen LogP contribution in [0.15, 0.2) is 18.2 Å². The zero-order chi connectivity index (χ0) is 16.5. The van der Waals surface area contributed by atoms with Gasteiger partial charge in [-0.1, -0.05) is 18.1 Å². The fourth-order valence-electron chi connectivity index (χ4n) is 4.41. The van der Waals surface area contributed by atoms with Crippen LogP contribution >= 0.6 is 0 Å². The SMILES string of the molecule is O=C(CCn1nnc2cc(O)ccc21)N1CCCC2CCCCC21. The summed E-state index contributed by atoms with van der Waals surface area (Å²) < 4.78 is 1.76. The van der Waals surface area contributed by atoms with Gasteiger partial charge in [0.2, 0.25) is 5.91 Å². The highest BCUT2D eigenvalue weighted by molar-refractivity contribution is 5.78. The molecule has 0 radical (unpaired) electrons. The van der Waals surface area contributed by atoms with E-state index in [4.69, 9.17) is 0 Å². The molecule has 1 aliphatic carbocycles. The summed E-state index contributed by atoms with van der Waals surface area (Å²) in [6, 6.07) is 5.48. The molecule has 128 valence electrons. The van der Waals surface area contributed by atoms with Gasteiger partial charge in [-0.2, -0.15) is 0 Å². The van der Waals surface area contributed by atoms with Crippen LogP contribution in [0.3, 0.4) is 0 Å². The summed E-state index contributed by atoms with van der Waals surface area (Å²) in [7, 11) is 0. The third kappa shape index (κ3) is 2.85. The highest BCUT2D eigenvalue weighted by Crippen LogP contribution is 2.35. The second-order valence-corrected chi connectivity index (χ2v) is 7.08. The standard InChI is InChI=1S/C18H24N4O2/c23-14-7-8-17-15(12-14)19-20-22(17)11-9-18(24)21-10-3-5-13-4-1-2-6-16(13)21/h7-8,12-13,16,23H,1-6,9-11H2. The Morgan fingerprint density at radius 1 is 1.21 bits per heavy atom. The van der Waals surface area contributed by atoms with Crippen LogP contribution in [-0.4, -0.2) is 43.5 Å². The summed E-state index contributed by atoms with van der Waals surface area (Å²) in [6.07, 6.45) is 7.91. The number of piperidine rings is 1. The molecular weight excluding hydrogens is 304 g/mol. The van der Waals surface area contributed by atoms with Crippen molar-refractivity contribution >= 4 is 16.9 Å². The molecule has 1 aromatic heterocycles. The number of hydrogen-bond donors (Lipinski definition) is 1.